The fourth-order valence-corrected chi connectivity index (χ4v) is 3.77. The third kappa shape index (κ3) is 5.73. The second-order valence-corrected chi connectivity index (χ2v) is 8.04. The van der Waals surface area contributed by atoms with E-state index >= 15 is 0 Å². The number of esters is 1. The minimum atomic E-state index is -0.637. The maximum atomic E-state index is 12.7. The number of ether oxygens (including phenoxy) is 2. The molecule has 1 fully saturated rings. The summed E-state index contributed by atoms with van der Waals surface area (Å²) in [5.41, 5.74) is 1.88. The Balaban J connectivity index is 1.31. The average Bonchev–Trinajstić information content (AvgIpc) is 3.29. The number of nitrogens with one attached hydrogen (secondary N) is 1. The molecule has 1 saturated heterocycles. The van der Waals surface area contributed by atoms with Gasteiger partial charge in [0, 0.05) is 36.0 Å². The van der Waals surface area contributed by atoms with Crippen LogP contribution in [-0.2, 0) is 14.3 Å². The zero-order valence-electron chi connectivity index (χ0n) is 19.1. The van der Waals surface area contributed by atoms with Crippen molar-refractivity contribution in [2.75, 3.05) is 30.5 Å². The van der Waals surface area contributed by atoms with Gasteiger partial charge in [-0.05, 0) is 36.4 Å². The van der Waals surface area contributed by atoms with Gasteiger partial charge in [0.05, 0.1) is 18.6 Å². The van der Waals surface area contributed by atoms with Crippen LogP contribution in [0, 0.1) is 5.92 Å². The second-order valence-electron chi connectivity index (χ2n) is 8.04. The van der Waals surface area contributed by atoms with Gasteiger partial charge in [0.1, 0.15) is 5.75 Å². The number of hydrogen-bond donors (Lipinski definition) is 1. The summed E-state index contributed by atoms with van der Waals surface area (Å²) in [5, 5.41) is 2.79. The minimum absolute atomic E-state index is 0.100. The molecule has 0 aliphatic carbocycles. The van der Waals surface area contributed by atoms with Gasteiger partial charge in [-0.15, -0.1) is 0 Å². The largest absolute Gasteiger partial charge is 0.497 e. The van der Waals surface area contributed by atoms with Crippen molar-refractivity contribution < 1.29 is 28.7 Å². The first-order valence-electron chi connectivity index (χ1n) is 11.1. The zero-order chi connectivity index (χ0) is 24.8. The summed E-state index contributed by atoms with van der Waals surface area (Å²) in [6.45, 7) is -0.0987. The first-order chi connectivity index (χ1) is 16.9. The van der Waals surface area contributed by atoms with Gasteiger partial charge in [0.25, 0.3) is 0 Å². The highest BCUT2D eigenvalue weighted by Crippen LogP contribution is 2.28. The van der Waals surface area contributed by atoms with Crippen LogP contribution in [0.25, 0.3) is 0 Å². The molecule has 0 spiro atoms. The molecule has 1 aliphatic rings. The molecule has 0 radical (unpaired) electrons. The van der Waals surface area contributed by atoms with E-state index in [0.29, 0.717) is 22.7 Å². The van der Waals surface area contributed by atoms with Crippen LogP contribution in [0.5, 0.6) is 5.75 Å². The number of ketones is 1. The molecule has 3 aromatic carbocycles. The van der Waals surface area contributed by atoms with Crippen LogP contribution in [-0.4, -0.2) is 43.8 Å². The Morgan fingerprint density at radius 3 is 2.40 bits per heavy atom. The average molecular weight is 472 g/mol. The molecular formula is C27H24N2O6. The van der Waals surface area contributed by atoms with Crippen LogP contribution >= 0.6 is 0 Å². The molecular weight excluding hydrogens is 448 g/mol. The summed E-state index contributed by atoms with van der Waals surface area (Å²) < 4.78 is 10.3. The molecule has 0 unspecified atom stereocenters. The lowest BCUT2D eigenvalue weighted by atomic mass is 10.1. The van der Waals surface area contributed by atoms with E-state index in [1.165, 1.54) is 12.1 Å². The number of Topliss-reactive ketones (excluding diaryl/α,β-unsaturated/α-hetero) is 1. The number of benzene rings is 3. The van der Waals surface area contributed by atoms with Gasteiger partial charge in [-0.3, -0.25) is 14.4 Å². The van der Waals surface area contributed by atoms with Crippen LogP contribution in [0.3, 0.4) is 0 Å². The van der Waals surface area contributed by atoms with E-state index in [1.807, 2.05) is 0 Å². The van der Waals surface area contributed by atoms with E-state index in [2.05, 4.69) is 5.32 Å². The van der Waals surface area contributed by atoms with Gasteiger partial charge >= 0.3 is 5.97 Å². The monoisotopic (exact) mass is 472 g/mol. The topological polar surface area (TPSA) is 102 Å². The lowest BCUT2D eigenvalue weighted by Gasteiger charge is -2.17. The molecule has 1 aliphatic heterocycles. The number of amides is 2. The molecule has 35 heavy (non-hydrogen) atoms. The highest BCUT2D eigenvalue weighted by Gasteiger charge is 2.35. The van der Waals surface area contributed by atoms with Crippen molar-refractivity contribution in [1.82, 2.24) is 0 Å². The lowest BCUT2D eigenvalue weighted by molar-refractivity contribution is -0.122. The van der Waals surface area contributed by atoms with Crippen molar-refractivity contribution in [2.45, 2.75) is 6.42 Å². The molecule has 1 heterocycles. The standard InChI is InChI=1S/C27H24N2O6/c1-34-23-9-5-8-22(15-23)29-16-20(14-25(29)31)26(32)28-21-12-10-19(11-13-21)27(33)35-17-24(30)18-6-3-2-4-7-18/h2-13,15,20H,14,16-17H2,1H3,(H,28,32)/t20-/m1/s1. The van der Waals surface area contributed by atoms with Crippen LogP contribution in [0.15, 0.2) is 78.9 Å². The third-order valence-electron chi connectivity index (χ3n) is 5.68. The van der Waals surface area contributed by atoms with Crippen LogP contribution in [0.2, 0.25) is 0 Å². The Labute approximate surface area is 202 Å². The van der Waals surface area contributed by atoms with E-state index in [-0.39, 0.29) is 42.7 Å². The normalized spacial score (nSPS) is 14.9. The Bertz CT molecular complexity index is 1240. The highest BCUT2D eigenvalue weighted by atomic mass is 16.5. The van der Waals surface area contributed by atoms with Gasteiger partial charge in [-0.25, -0.2) is 4.79 Å². The van der Waals surface area contributed by atoms with E-state index in [9.17, 15) is 19.2 Å². The third-order valence-corrected chi connectivity index (χ3v) is 5.68. The van der Waals surface area contributed by atoms with Crippen molar-refractivity contribution >= 4 is 34.9 Å². The number of carbonyl (C=O) groups is 4. The molecule has 1 N–H and O–H groups in total. The number of hydrogen-bond acceptors (Lipinski definition) is 6. The summed E-state index contributed by atoms with van der Waals surface area (Å²) in [6.07, 6.45) is 0.100. The first kappa shape index (κ1) is 23.7. The molecule has 2 amide bonds. The quantitative estimate of drug-likeness (QED) is 0.396. The second kappa shape index (κ2) is 10.6. The predicted molar refractivity (Wildman–Crippen MR) is 130 cm³/mol. The fourth-order valence-electron chi connectivity index (χ4n) is 3.77. The van der Waals surface area contributed by atoms with Crippen LogP contribution in [0.4, 0.5) is 11.4 Å². The highest BCUT2D eigenvalue weighted by molar-refractivity contribution is 6.04. The summed E-state index contributed by atoms with van der Waals surface area (Å²) >= 11 is 0. The number of anilines is 2. The molecule has 4 rings (SSSR count). The smallest absolute Gasteiger partial charge is 0.338 e. The van der Waals surface area contributed by atoms with Gasteiger partial charge in [0.15, 0.2) is 12.4 Å². The van der Waals surface area contributed by atoms with E-state index in [1.54, 1.807) is 78.7 Å². The predicted octanol–water partition coefficient (Wildman–Crippen LogP) is 3.73. The Morgan fingerprint density at radius 1 is 0.943 bits per heavy atom. The maximum absolute atomic E-state index is 12.7. The molecule has 8 heteroatoms. The van der Waals surface area contributed by atoms with Crippen molar-refractivity contribution in [3.8, 4) is 5.75 Å². The van der Waals surface area contributed by atoms with Crippen molar-refractivity contribution in [3.63, 3.8) is 0 Å². The Kier molecular flexibility index (Phi) is 7.21. The molecule has 0 bridgehead atoms. The van der Waals surface area contributed by atoms with E-state index in [0.717, 1.165) is 0 Å². The lowest BCUT2D eigenvalue weighted by Crippen LogP contribution is -2.28. The fraction of sp³-hybridized carbons (Fsp3) is 0.185. The summed E-state index contributed by atoms with van der Waals surface area (Å²) in [4.78, 5) is 51.2. The van der Waals surface area contributed by atoms with Crippen LogP contribution < -0.4 is 15.0 Å². The van der Waals surface area contributed by atoms with Crippen LogP contribution in [0.1, 0.15) is 27.1 Å². The number of nitrogens with zero attached hydrogens (tertiary/aromatic N) is 1. The van der Waals surface area contributed by atoms with Gasteiger partial charge in [-0.2, -0.15) is 0 Å². The molecule has 8 nitrogen and oxygen atoms in total. The van der Waals surface area contributed by atoms with Gasteiger partial charge in [0.2, 0.25) is 11.8 Å². The SMILES string of the molecule is COc1cccc(N2C[C@H](C(=O)Nc3ccc(C(=O)OCC(=O)c4ccccc4)cc3)CC2=O)c1. The summed E-state index contributed by atoms with van der Waals surface area (Å²) in [5.74, 6) is -1.23. The summed E-state index contributed by atoms with van der Waals surface area (Å²) in [7, 11) is 1.55. The molecule has 178 valence electrons. The van der Waals surface area contributed by atoms with E-state index in [4.69, 9.17) is 9.47 Å². The number of rotatable bonds is 8. The number of carbonyl (C=O) groups excluding carboxylic acids is 4. The molecule has 0 saturated carbocycles. The Hall–Kier alpha value is -4.46. The van der Waals surface area contributed by atoms with Crippen molar-refractivity contribution in [1.29, 1.82) is 0 Å². The number of methoxy groups -OCH3 is 1. The Morgan fingerprint density at radius 2 is 1.69 bits per heavy atom. The molecule has 3 aromatic rings. The maximum Gasteiger partial charge on any atom is 0.338 e. The summed E-state index contributed by atoms with van der Waals surface area (Å²) in [6, 6.07) is 21.9. The zero-order valence-corrected chi connectivity index (χ0v) is 19.1. The first-order valence-corrected chi connectivity index (χ1v) is 11.1. The minimum Gasteiger partial charge on any atom is -0.497 e. The molecule has 0 aromatic heterocycles. The molecule has 1 atom stereocenters. The van der Waals surface area contributed by atoms with Crippen molar-refractivity contribution in [2.24, 2.45) is 5.92 Å². The van der Waals surface area contributed by atoms with Gasteiger partial charge in [-0.1, -0.05) is 36.4 Å². The van der Waals surface area contributed by atoms with Gasteiger partial charge < -0.3 is 19.7 Å². The van der Waals surface area contributed by atoms with E-state index < -0.39 is 11.9 Å². The van der Waals surface area contributed by atoms with Crippen molar-refractivity contribution in [3.05, 3.63) is 90.0 Å².